The minimum atomic E-state index is -0.151. The molecular weight excluding hydrogens is 226 g/mol. The fraction of sp³-hybridized carbons (Fsp3) is 0.786. The highest BCUT2D eigenvalue weighted by molar-refractivity contribution is 5.28. The lowest BCUT2D eigenvalue weighted by Gasteiger charge is -2.26. The van der Waals surface area contributed by atoms with Gasteiger partial charge in [0.1, 0.15) is 0 Å². The van der Waals surface area contributed by atoms with Gasteiger partial charge in [0.05, 0.1) is 12.1 Å². The topological polar surface area (TPSA) is 39.1 Å². The molecule has 0 amide bonds. The second kappa shape index (κ2) is 5.74. The normalized spacial score (nSPS) is 17.3. The van der Waals surface area contributed by atoms with E-state index in [4.69, 9.17) is 4.74 Å². The van der Waals surface area contributed by atoms with Gasteiger partial charge in [0.25, 0.3) is 0 Å². The van der Waals surface area contributed by atoms with Gasteiger partial charge in [0.15, 0.2) is 0 Å². The SMILES string of the molecule is CCOC(C)(C)Cn1ccnc1NC1CCCC1. The van der Waals surface area contributed by atoms with Gasteiger partial charge in [-0.3, -0.25) is 0 Å². The van der Waals surface area contributed by atoms with E-state index in [1.54, 1.807) is 0 Å². The van der Waals surface area contributed by atoms with Gasteiger partial charge in [0, 0.05) is 25.0 Å². The van der Waals surface area contributed by atoms with Gasteiger partial charge in [0.2, 0.25) is 5.95 Å². The zero-order valence-electron chi connectivity index (χ0n) is 11.8. The zero-order chi connectivity index (χ0) is 13.0. The Morgan fingerprint density at radius 1 is 1.44 bits per heavy atom. The molecule has 1 fully saturated rings. The predicted molar refractivity (Wildman–Crippen MR) is 73.8 cm³/mol. The molecule has 4 nitrogen and oxygen atoms in total. The number of rotatable bonds is 6. The number of nitrogens with one attached hydrogen (secondary N) is 1. The molecular formula is C14H25N3O. The first-order chi connectivity index (χ1) is 8.61. The van der Waals surface area contributed by atoms with E-state index in [0.717, 1.165) is 19.1 Å². The molecule has 1 aromatic rings. The lowest BCUT2D eigenvalue weighted by molar-refractivity contribution is -0.0220. The van der Waals surface area contributed by atoms with Gasteiger partial charge >= 0.3 is 0 Å². The van der Waals surface area contributed by atoms with Gasteiger partial charge in [-0.2, -0.15) is 0 Å². The molecule has 0 aromatic carbocycles. The van der Waals surface area contributed by atoms with Gasteiger partial charge < -0.3 is 14.6 Å². The van der Waals surface area contributed by atoms with E-state index in [0.29, 0.717) is 6.04 Å². The minimum absolute atomic E-state index is 0.151. The van der Waals surface area contributed by atoms with Crippen molar-refractivity contribution in [3.8, 4) is 0 Å². The highest BCUT2D eigenvalue weighted by Crippen LogP contribution is 2.22. The molecule has 0 unspecified atom stereocenters. The first kappa shape index (κ1) is 13.4. The van der Waals surface area contributed by atoms with Gasteiger partial charge in [-0.15, -0.1) is 0 Å². The van der Waals surface area contributed by atoms with Crippen LogP contribution in [-0.2, 0) is 11.3 Å². The third kappa shape index (κ3) is 3.48. The molecule has 1 heterocycles. The van der Waals surface area contributed by atoms with Crippen LogP contribution in [0.5, 0.6) is 0 Å². The molecule has 102 valence electrons. The molecule has 4 heteroatoms. The maximum Gasteiger partial charge on any atom is 0.203 e. The van der Waals surface area contributed by atoms with Crippen molar-refractivity contribution in [1.82, 2.24) is 9.55 Å². The molecule has 1 aliphatic rings. The lowest BCUT2D eigenvalue weighted by Crippen LogP contribution is -2.31. The van der Waals surface area contributed by atoms with Crippen molar-refractivity contribution in [1.29, 1.82) is 0 Å². The third-order valence-electron chi connectivity index (χ3n) is 3.49. The van der Waals surface area contributed by atoms with Crippen LogP contribution in [0.15, 0.2) is 12.4 Å². The molecule has 1 N–H and O–H groups in total. The van der Waals surface area contributed by atoms with Crippen LogP contribution in [0, 0.1) is 0 Å². The molecule has 2 rings (SSSR count). The van der Waals surface area contributed by atoms with Crippen LogP contribution in [0.25, 0.3) is 0 Å². The standard InChI is InChI=1S/C14H25N3O/c1-4-18-14(2,3)11-17-10-9-15-13(17)16-12-7-5-6-8-12/h9-10,12H,4-8,11H2,1-3H3,(H,15,16). The Hall–Kier alpha value is -1.03. The molecule has 1 saturated carbocycles. The van der Waals surface area contributed by atoms with Gasteiger partial charge in [-0.1, -0.05) is 12.8 Å². The fourth-order valence-electron chi connectivity index (χ4n) is 2.68. The predicted octanol–water partition coefficient (Wildman–Crippen LogP) is 3.05. The Labute approximate surface area is 110 Å². The average molecular weight is 251 g/mol. The first-order valence-electron chi connectivity index (χ1n) is 7.02. The Bertz CT molecular complexity index is 367. The van der Waals surface area contributed by atoms with Crippen molar-refractivity contribution in [2.45, 2.75) is 64.6 Å². The van der Waals surface area contributed by atoms with E-state index in [1.807, 2.05) is 19.3 Å². The Kier molecular flexibility index (Phi) is 4.27. The van der Waals surface area contributed by atoms with Crippen LogP contribution >= 0.6 is 0 Å². The van der Waals surface area contributed by atoms with Crippen molar-refractivity contribution in [2.24, 2.45) is 0 Å². The summed E-state index contributed by atoms with van der Waals surface area (Å²) in [7, 11) is 0. The number of imidazole rings is 1. The van der Waals surface area contributed by atoms with Gasteiger partial charge in [-0.05, 0) is 33.6 Å². The van der Waals surface area contributed by atoms with E-state index in [9.17, 15) is 0 Å². The zero-order valence-corrected chi connectivity index (χ0v) is 11.8. The van der Waals surface area contributed by atoms with Crippen LogP contribution in [0.3, 0.4) is 0 Å². The molecule has 1 aliphatic carbocycles. The first-order valence-corrected chi connectivity index (χ1v) is 7.02. The molecule has 0 saturated heterocycles. The summed E-state index contributed by atoms with van der Waals surface area (Å²) in [6.07, 6.45) is 9.09. The molecule has 0 radical (unpaired) electrons. The summed E-state index contributed by atoms with van der Waals surface area (Å²) in [5, 5.41) is 3.55. The summed E-state index contributed by atoms with van der Waals surface area (Å²) in [4.78, 5) is 4.42. The number of hydrogen-bond acceptors (Lipinski definition) is 3. The molecule has 0 bridgehead atoms. The van der Waals surface area contributed by atoms with E-state index in [-0.39, 0.29) is 5.60 Å². The van der Waals surface area contributed by atoms with E-state index >= 15 is 0 Å². The molecule has 1 aromatic heterocycles. The Morgan fingerprint density at radius 3 is 2.83 bits per heavy atom. The second-order valence-electron chi connectivity index (χ2n) is 5.70. The van der Waals surface area contributed by atoms with Crippen molar-refractivity contribution >= 4 is 5.95 Å². The molecule has 0 atom stereocenters. The highest BCUT2D eigenvalue weighted by atomic mass is 16.5. The summed E-state index contributed by atoms with van der Waals surface area (Å²) >= 11 is 0. The highest BCUT2D eigenvalue weighted by Gasteiger charge is 2.21. The van der Waals surface area contributed by atoms with Crippen molar-refractivity contribution in [3.63, 3.8) is 0 Å². The van der Waals surface area contributed by atoms with E-state index < -0.39 is 0 Å². The van der Waals surface area contributed by atoms with Crippen molar-refractivity contribution in [3.05, 3.63) is 12.4 Å². The summed E-state index contributed by atoms with van der Waals surface area (Å²) < 4.78 is 7.91. The maximum absolute atomic E-state index is 5.75. The van der Waals surface area contributed by atoms with E-state index in [1.165, 1.54) is 25.7 Å². The summed E-state index contributed by atoms with van der Waals surface area (Å²) in [6, 6.07) is 0.598. The second-order valence-corrected chi connectivity index (χ2v) is 5.70. The number of anilines is 1. The largest absolute Gasteiger partial charge is 0.374 e. The summed E-state index contributed by atoms with van der Waals surface area (Å²) in [5.41, 5.74) is -0.151. The van der Waals surface area contributed by atoms with Crippen molar-refractivity contribution in [2.75, 3.05) is 11.9 Å². The number of hydrogen-bond donors (Lipinski definition) is 1. The Balaban J connectivity index is 1.98. The average Bonchev–Trinajstić information content (AvgIpc) is 2.91. The fourth-order valence-corrected chi connectivity index (χ4v) is 2.68. The smallest absolute Gasteiger partial charge is 0.203 e. The van der Waals surface area contributed by atoms with E-state index in [2.05, 4.69) is 28.7 Å². The van der Waals surface area contributed by atoms with Crippen molar-refractivity contribution < 1.29 is 4.74 Å². The van der Waals surface area contributed by atoms with Crippen LogP contribution in [0.2, 0.25) is 0 Å². The number of nitrogens with zero attached hydrogens (tertiary/aromatic N) is 2. The number of ether oxygens (including phenoxy) is 1. The maximum atomic E-state index is 5.75. The lowest BCUT2D eigenvalue weighted by atomic mass is 10.1. The van der Waals surface area contributed by atoms with Crippen LogP contribution < -0.4 is 5.32 Å². The van der Waals surface area contributed by atoms with Gasteiger partial charge in [-0.25, -0.2) is 4.98 Å². The van der Waals surface area contributed by atoms with Crippen LogP contribution in [0.1, 0.15) is 46.5 Å². The molecule has 0 aliphatic heterocycles. The van der Waals surface area contributed by atoms with Crippen LogP contribution in [0.4, 0.5) is 5.95 Å². The number of aromatic nitrogens is 2. The minimum Gasteiger partial charge on any atom is -0.374 e. The summed E-state index contributed by atoms with van der Waals surface area (Å²) in [5.74, 6) is 0.981. The quantitative estimate of drug-likeness (QED) is 0.844. The molecule has 18 heavy (non-hydrogen) atoms. The Morgan fingerprint density at radius 2 is 2.17 bits per heavy atom. The van der Waals surface area contributed by atoms with Crippen LogP contribution in [-0.4, -0.2) is 27.8 Å². The third-order valence-corrected chi connectivity index (χ3v) is 3.49. The summed E-state index contributed by atoms with van der Waals surface area (Å²) in [6.45, 7) is 7.85. The monoisotopic (exact) mass is 251 g/mol. The molecule has 0 spiro atoms.